The zero-order valence-corrected chi connectivity index (χ0v) is 14.1. The molecule has 1 amide bonds. The number of aromatic nitrogens is 1. The molecule has 0 saturated heterocycles. The molecular formula is C18H20N2O3S. The molecule has 0 spiro atoms. The summed E-state index contributed by atoms with van der Waals surface area (Å²) < 4.78 is 0. The van der Waals surface area contributed by atoms with Gasteiger partial charge in [-0.1, -0.05) is 43.2 Å². The highest BCUT2D eigenvalue weighted by Crippen LogP contribution is 2.33. The number of aliphatic carboxylic acids is 1. The minimum absolute atomic E-state index is 0.0280. The minimum Gasteiger partial charge on any atom is -0.481 e. The summed E-state index contributed by atoms with van der Waals surface area (Å²) in [5, 5.41) is 14.7. The molecule has 1 aliphatic carbocycles. The molecule has 1 aliphatic rings. The number of carbonyl (C=O) groups excluding carboxylic acids is 1. The standard InChI is InChI=1S/C18H20N2O3S/c21-16(22)11-18(8-4-5-9-18)20-17(23)14-12-24-15(19-14)10-13-6-2-1-3-7-13/h1-3,6-7,12H,4-5,8-11H2,(H,20,23)(H,21,22). The zero-order valence-electron chi connectivity index (χ0n) is 13.3. The first-order valence-electron chi connectivity index (χ1n) is 8.09. The fourth-order valence-corrected chi connectivity index (χ4v) is 4.07. The van der Waals surface area contributed by atoms with Crippen LogP contribution in [0.2, 0.25) is 0 Å². The van der Waals surface area contributed by atoms with Crippen LogP contribution in [0.1, 0.15) is 53.2 Å². The van der Waals surface area contributed by atoms with Crippen LogP contribution < -0.4 is 5.32 Å². The van der Waals surface area contributed by atoms with Crippen molar-refractivity contribution < 1.29 is 14.7 Å². The van der Waals surface area contributed by atoms with Gasteiger partial charge in [0.25, 0.3) is 5.91 Å². The quantitative estimate of drug-likeness (QED) is 0.843. The maximum absolute atomic E-state index is 12.5. The normalized spacial score (nSPS) is 16.0. The van der Waals surface area contributed by atoms with E-state index in [2.05, 4.69) is 10.3 Å². The minimum atomic E-state index is -0.875. The molecule has 1 aromatic heterocycles. The van der Waals surface area contributed by atoms with E-state index in [1.165, 1.54) is 11.3 Å². The third-order valence-electron chi connectivity index (χ3n) is 4.41. The number of carboxylic acid groups (broad SMARTS) is 1. The van der Waals surface area contributed by atoms with Crippen molar-refractivity contribution in [3.63, 3.8) is 0 Å². The smallest absolute Gasteiger partial charge is 0.305 e. The van der Waals surface area contributed by atoms with Crippen LogP contribution in [0.3, 0.4) is 0 Å². The van der Waals surface area contributed by atoms with Crippen molar-refractivity contribution in [1.29, 1.82) is 0 Å². The van der Waals surface area contributed by atoms with Gasteiger partial charge < -0.3 is 10.4 Å². The van der Waals surface area contributed by atoms with Gasteiger partial charge in [0.05, 0.1) is 17.0 Å². The van der Waals surface area contributed by atoms with Crippen molar-refractivity contribution in [2.24, 2.45) is 0 Å². The molecule has 0 atom stereocenters. The van der Waals surface area contributed by atoms with Gasteiger partial charge in [0.15, 0.2) is 0 Å². The van der Waals surface area contributed by atoms with Gasteiger partial charge >= 0.3 is 5.97 Å². The fraction of sp³-hybridized carbons (Fsp3) is 0.389. The Morgan fingerprint density at radius 2 is 1.92 bits per heavy atom. The summed E-state index contributed by atoms with van der Waals surface area (Å²) in [5.74, 6) is -1.14. The lowest BCUT2D eigenvalue weighted by Gasteiger charge is -2.28. The number of nitrogens with one attached hydrogen (secondary N) is 1. The van der Waals surface area contributed by atoms with Crippen molar-refractivity contribution in [2.45, 2.75) is 44.1 Å². The van der Waals surface area contributed by atoms with E-state index in [-0.39, 0.29) is 12.3 Å². The van der Waals surface area contributed by atoms with Gasteiger partial charge in [0, 0.05) is 11.8 Å². The van der Waals surface area contributed by atoms with Gasteiger partial charge in [-0.25, -0.2) is 4.98 Å². The van der Waals surface area contributed by atoms with Gasteiger partial charge in [-0.2, -0.15) is 0 Å². The molecule has 1 aromatic carbocycles. The molecule has 5 nitrogen and oxygen atoms in total. The van der Waals surface area contributed by atoms with Crippen LogP contribution in [-0.2, 0) is 11.2 Å². The van der Waals surface area contributed by atoms with E-state index in [9.17, 15) is 9.59 Å². The highest BCUT2D eigenvalue weighted by atomic mass is 32.1. The molecule has 0 bridgehead atoms. The number of carbonyl (C=O) groups is 2. The molecule has 2 N–H and O–H groups in total. The Bertz CT molecular complexity index is 721. The third kappa shape index (κ3) is 4.00. The molecule has 24 heavy (non-hydrogen) atoms. The third-order valence-corrected chi connectivity index (χ3v) is 5.26. The monoisotopic (exact) mass is 344 g/mol. The number of hydrogen-bond donors (Lipinski definition) is 2. The Morgan fingerprint density at radius 1 is 1.21 bits per heavy atom. The van der Waals surface area contributed by atoms with Crippen molar-refractivity contribution in [3.8, 4) is 0 Å². The van der Waals surface area contributed by atoms with Crippen LogP contribution in [0.25, 0.3) is 0 Å². The maximum atomic E-state index is 12.5. The molecule has 0 unspecified atom stereocenters. The van der Waals surface area contributed by atoms with Crippen LogP contribution in [-0.4, -0.2) is 27.5 Å². The average Bonchev–Trinajstić information content (AvgIpc) is 3.18. The molecule has 6 heteroatoms. The second-order valence-electron chi connectivity index (χ2n) is 6.30. The average molecular weight is 344 g/mol. The number of amides is 1. The summed E-state index contributed by atoms with van der Waals surface area (Å²) in [6.45, 7) is 0. The first-order chi connectivity index (χ1) is 11.6. The van der Waals surface area contributed by atoms with Gasteiger partial charge in [0.2, 0.25) is 0 Å². The largest absolute Gasteiger partial charge is 0.481 e. The molecular weight excluding hydrogens is 324 g/mol. The molecule has 0 radical (unpaired) electrons. The first-order valence-corrected chi connectivity index (χ1v) is 8.97. The number of nitrogens with zero attached hydrogens (tertiary/aromatic N) is 1. The number of hydrogen-bond acceptors (Lipinski definition) is 4. The van der Waals surface area contributed by atoms with Crippen LogP contribution >= 0.6 is 11.3 Å². The molecule has 1 heterocycles. The Morgan fingerprint density at radius 3 is 2.58 bits per heavy atom. The lowest BCUT2D eigenvalue weighted by atomic mass is 9.93. The number of carboxylic acids is 1. The Kier molecular flexibility index (Phi) is 4.94. The predicted molar refractivity (Wildman–Crippen MR) is 92.3 cm³/mol. The van der Waals surface area contributed by atoms with Crippen LogP contribution in [0.15, 0.2) is 35.7 Å². The van der Waals surface area contributed by atoms with Gasteiger partial charge in [-0.3, -0.25) is 9.59 Å². The van der Waals surface area contributed by atoms with Crippen LogP contribution in [0, 0.1) is 0 Å². The van der Waals surface area contributed by atoms with Crippen LogP contribution in [0.5, 0.6) is 0 Å². The molecule has 2 aromatic rings. The zero-order chi connectivity index (χ0) is 17.0. The molecule has 126 valence electrons. The van der Waals surface area contributed by atoms with Gasteiger partial charge in [0.1, 0.15) is 5.69 Å². The summed E-state index contributed by atoms with van der Waals surface area (Å²) in [6.07, 6.45) is 3.99. The lowest BCUT2D eigenvalue weighted by molar-refractivity contribution is -0.138. The molecule has 3 rings (SSSR count). The Balaban J connectivity index is 1.68. The van der Waals surface area contributed by atoms with E-state index < -0.39 is 11.5 Å². The fourth-order valence-electron chi connectivity index (χ4n) is 3.26. The van der Waals surface area contributed by atoms with Crippen molar-refractivity contribution in [2.75, 3.05) is 0 Å². The maximum Gasteiger partial charge on any atom is 0.305 e. The lowest BCUT2D eigenvalue weighted by Crippen LogP contribution is -2.47. The predicted octanol–water partition coefficient (Wildman–Crippen LogP) is 3.25. The summed E-state index contributed by atoms with van der Waals surface area (Å²) in [5.41, 5.74) is 0.908. The summed E-state index contributed by atoms with van der Waals surface area (Å²) in [6, 6.07) is 9.98. The van der Waals surface area contributed by atoms with E-state index in [1.54, 1.807) is 5.38 Å². The Hall–Kier alpha value is -2.21. The number of rotatable bonds is 6. The SMILES string of the molecule is O=C(O)CC1(NC(=O)c2csc(Cc3ccccc3)n2)CCCC1. The summed E-state index contributed by atoms with van der Waals surface area (Å²) in [4.78, 5) is 28.0. The molecule has 1 fully saturated rings. The van der Waals surface area contributed by atoms with Gasteiger partial charge in [-0.15, -0.1) is 11.3 Å². The van der Waals surface area contributed by atoms with Crippen molar-refractivity contribution in [3.05, 3.63) is 52.0 Å². The highest BCUT2D eigenvalue weighted by Gasteiger charge is 2.37. The van der Waals surface area contributed by atoms with Crippen molar-refractivity contribution in [1.82, 2.24) is 10.3 Å². The van der Waals surface area contributed by atoms with E-state index in [4.69, 9.17) is 5.11 Å². The molecule has 0 aliphatic heterocycles. The second-order valence-corrected chi connectivity index (χ2v) is 7.24. The van der Waals surface area contributed by atoms with E-state index in [0.717, 1.165) is 23.4 Å². The Labute approximate surface area is 144 Å². The van der Waals surface area contributed by atoms with Crippen molar-refractivity contribution >= 4 is 23.2 Å². The van der Waals surface area contributed by atoms with E-state index in [1.807, 2.05) is 30.3 Å². The summed E-state index contributed by atoms with van der Waals surface area (Å²) >= 11 is 1.46. The highest BCUT2D eigenvalue weighted by molar-refractivity contribution is 7.09. The van der Waals surface area contributed by atoms with E-state index >= 15 is 0 Å². The number of benzene rings is 1. The number of thiazole rings is 1. The molecule has 1 saturated carbocycles. The first kappa shape index (κ1) is 16.6. The topological polar surface area (TPSA) is 79.3 Å². The van der Waals surface area contributed by atoms with Crippen LogP contribution in [0.4, 0.5) is 0 Å². The van der Waals surface area contributed by atoms with E-state index in [0.29, 0.717) is 25.0 Å². The van der Waals surface area contributed by atoms with Gasteiger partial charge in [-0.05, 0) is 18.4 Å². The summed E-state index contributed by atoms with van der Waals surface area (Å²) in [7, 11) is 0. The second kappa shape index (κ2) is 7.13.